The lowest BCUT2D eigenvalue weighted by molar-refractivity contribution is -0.870. The molecule has 0 radical (unpaired) electrons. The van der Waals surface area contributed by atoms with Gasteiger partial charge in [-0.2, -0.15) is 0 Å². The van der Waals surface area contributed by atoms with E-state index in [1.54, 1.807) is 0 Å². The van der Waals surface area contributed by atoms with E-state index in [0.29, 0.717) is 23.9 Å². The van der Waals surface area contributed by atoms with Crippen LogP contribution in [0.15, 0.2) is 48.6 Å². The Morgan fingerprint density at radius 3 is 1.10 bits per heavy atom. The first kappa shape index (κ1) is 75.0. The second-order valence-electron chi connectivity index (χ2n) is 23.5. The van der Waals surface area contributed by atoms with Crippen LogP contribution >= 0.6 is 7.82 Å². The molecule has 0 heterocycles. The fraction of sp³-hybridized carbons (Fsp3) is 0.851. The zero-order valence-electron chi connectivity index (χ0n) is 51.5. The molecule has 2 unspecified atom stereocenters. The van der Waals surface area contributed by atoms with Crippen LogP contribution in [0.3, 0.4) is 0 Å². The van der Waals surface area contributed by atoms with E-state index < -0.39 is 26.5 Å². The van der Waals surface area contributed by atoms with Crippen LogP contribution in [-0.2, 0) is 32.7 Å². The maximum absolute atomic E-state index is 12.8. The molecule has 0 aliphatic carbocycles. The van der Waals surface area contributed by atoms with Gasteiger partial charge in [-0.05, 0) is 51.4 Å². The topological polar surface area (TPSA) is 108 Å². The van der Waals surface area contributed by atoms with Crippen LogP contribution in [0.25, 0.3) is 0 Å². The monoisotopic (exact) mass is 1100 g/mol. The molecule has 0 aromatic rings. The van der Waals surface area contributed by atoms with Gasteiger partial charge in [-0.25, -0.2) is 4.57 Å². The second kappa shape index (κ2) is 58.6. The van der Waals surface area contributed by atoms with Crippen molar-refractivity contribution in [1.82, 2.24) is 0 Å². The molecule has 0 spiro atoms. The van der Waals surface area contributed by atoms with Gasteiger partial charge in [0.2, 0.25) is 0 Å². The van der Waals surface area contributed by atoms with Crippen LogP contribution in [0, 0.1) is 0 Å². The minimum Gasteiger partial charge on any atom is -0.462 e. The highest BCUT2D eigenvalue weighted by Gasteiger charge is 2.27. The Bertz CT molecular complexity index is 1440. The Kier molecular flexibility index (Phi) is 57.1. The van der Waals surface area contributed by atoms with E-state index in [4.69, 9.17) is 18.5 Å². The van der Waals surface area contributed by atoms with Crippen LogP contribution in [0.4, 0.5) is 0 Å². The van der Waals surface area contributed by atoms with Crippen molar-refractivity contribution in [3.63, 3.8) is 0 Å². The number of nitrogens with zero attached hydrogens (tertiary/aromatic N) is 1. The molecule has 0 rings (SSSR count). The molecular weight excluding hydrogens is 978 g/mol. The van der Waals surface area contributed by atoms with Crippen LogP contribution in [0.1, 0.15) is 316 Å². The second-order valence-corrected chi connectivity index (χ2v) is 24.9. The fourth-order valence-electron chi connectivity index (χ4n) is 9.60. The number of rotatable bonds is 61. The van der Waals surface area contributed by atoms with E-state index in [1.165, 1.54) is 212 Å². The molecule has 0 saturated heterocycles. The number of hydrogen-bond donors (Lipinski definition) is 1. The molecule has 452 valence electrons. The van der Waals surface area contributed by atoms with Crippen molar-refractivity contribution >= 4 is 19.8 Å². The van der Waals surface area contributed by atoms with Crippen LogP contribution in [-0.4, -0.2) is 74.9 Å². The Hall–Kier alpha value is -2.03. The van der Waals surface area contributed by atoms with Crippen molar-refractivity contribution in [2.75, 3.05) is 47.5 Å². The molecule has 2 atom stereocenters. The molecule has 0 fully saturated rings. The van der Waals surface area contributed by atoms with Crippen LogP contribution in [0.5, 0.6) is 0 Å². The van der Waals surface area contributed by atoms with Crippen molar-refractivity contribution in [2.45, 2.75) is 322 Å². The average molecular weight is 1110 g/mol. The largest absolute Gasteiger partial charge is 0.472 e. The summed E-state index contributed by atoms with van der Waals surface area (Å²) in [5, 5.41) is 0. The number of carbonyl (C=O) groups is 2. The number of allylic oxidation sites excluding steroid dienone is 8. The van der Waals surface area contributed by atoms with Gasteiger partial charge in [0.1, 0.15) is 19.8 Å². The van der Waals surface area contributed by atoms with Crippen molar-refractivity contribution in [2.24, 2.45) is 0 Å². The third kappa shape index (κ3) is 63.0. The van der Waals surface area contributed by atoms with E-state index in [2.05, 4.69) is 62.5 Å². The summed E-state index contributed by atoms with van der Waals surface area (Å²) in [4.78, 5) is 35.8. The predicted molar refractivity (Wildman–Crippen MR) is 330 cm³/mol. The number of phosphoric ester groups is 1. The fourth-order valence-corrected chi connectivity index (χ4v) is 10.3. The van der Waals surface area contributed by atoms with Crippen molar-refractivity contribution in [1.29, 1.82) is 0 Å². The van der Waals surface area contributed by atoms with Gasteiger partial charge in [-0.15, -0.1) is 0 Å². The molecule has 9 nitrogen and oxygen atoms in total. The van der Waals surface area contributed by atoms with E-state index in [1.807, 2.05) is 21.1 Å². The zero-order chi connectivity index (χ0) is 56.3. The molecule has 0 saturated carbocycles. The highest BCUT2D eigenvalue weighted by atomic mass is 31.2. The lowest BCUT2D eigenvalue weighted by Crippen LogP contribution is -2.37. The summed E-state index contributed by atoms with van der Waals surface area (Å²) >= 11 is 0. The molecular formula is C67H127NO8P+. The van der Waals surface area contributed by atoms with Crippen molar-refractivity contribution in [3.8, 4) is 0 Å². The summed E-state index contributed by atoms with van der Waals surface area (Å²) in [6.45, 7) is 4.37. The standard InChI is InChI=1S/C67H126NO8P/c1-6-8-10-12-14-16-18-20-22-24-26-28-30-31-32-33-34-35-36-38-39-41-43-45-47-49-51-53-55-57-59-66(69)73-63-65(64-75-77(71,72)74-62-61-68(3,4)5)76-67(70)60-58-56-54-52-50-48-46-44-42-40-37-29-27-25-23-21-19-17-15-13-11-9-7-2/h9,11,15,17,21,23,27,29,65H,6-8,10,12-14,16,18-20,22,24-26,28,30-64H2,1-5H3/p+1/b11-9-,17-15-,23-21-,29-27-. The lowest BCUT2D eigenvalue weighted by atomic mass is 10.0. The Morgan fingerprint density at radius 2 is 0.740 bits per heavy atom. The minimum atomic E-state index is -4.39. The Balaban J connectivity index is 4.03. The number of phosphoric acid groups is 1. The molecule has 1 N–H and O–H groups in total. The third-order valence-corrected chi connectivity index (χ3v) is 15.6. The molecule has 0 aliphatic rings. The number of quaternary nitrogens is 1. The first-order chi connectivity index (χ1) is 37.5. The van der Waals surface area contributed by atoms with Gasteiger partial charge in [0, 0.05) is 12.8 Å². The quantitative estimate of drug-likeness (QED) is 0.0211. The molecule has 0 aromatic carbocycles. The molecule has 0 aromatic heterocycles. The van der Waals surface area contributed by atoms with Gasteiger partial charge < -0.3 is 18.9 Å². The summed E-state index contributed by atoms with van der Waals surface area (Å²) in [5.41, 5.74) is 0. The van der Waals surface area contributed by atoms with Gasteiger partial charge >= 0.3 is 19.8 Å². The number of esters is 2. The highest BCUT2D eigenvalue weighted by Crippen LogP contribution is 2.43. The maximum Gasteiger partial charge on any atom is 0.472 e. The van der Waals surface area contributed by atoms with E-state index in [0.717, 1.165) is 70.6 Å². The first-order valence-corrected chi connectivity index (χ1v) is 34.4. The molecule has 0 amide bonds. The predicted octanol–water partition coefficient (Wildman–Crippen LogP) is 20.9. The Labute approximate surface area is 477 Å². The van der Waals surface area contributed by atoms with Gasteiger partial charge in [0.15, 0.2) is 6.10 Å². The van der Waals surface area contributed by atoms with Gasteiger partial charge in [-0.3, -0.25) is 18.6 Å². The van der Waals surface area contributed by atoms with Gasteiger partial charge in [-0.1, -0.05) is 300 Å². The number of carbonyl (C=O) groups excluding carboxylic acids is 2. The number of ether oxygens (including phenoxy) is 2. The Morgan fingerprint density at radius 1 is 0.416 bits per heavy atom. The maximum atomic E-state index is 12.8. The van der Waals surface area contributed by atoms with E-state index >= 15 is 0 Å². The zero-order valence-corrected chi connectivity index (χ0v) is 52.4. The van der Waals surface area contributed by atoms with Crippen molar-refractivity contribution < 1.29 is 42.1 Å². The van der Waals surface area contributed by atoms with Gasteiger partial charge in [0.25, 0.3) is 0 Å². The number of hydrogen-bond acceptors (Lipinski definition) is 7. The SMILES string of the molecule is CC/C=C\C/C=C\C/C=C\C/C=C\CCCCCCCCCCCCC(=O)OC(COC(=O)CCCCCCCCCCCCCCCCCCCCCCCCCCCCCCCC)COP(=O)(O)OCC[N+](C)(C)C. The average Bonchev–Trinajstić information content (AvgIpc) is 3.39. The molecule has 10 heteroatoms. The van der Waals surface area contributed by atoms with E-state index in [9.17, 15) is 19.0 Å². The summed E-state index contributed by atoms with van der Waals surface area (Å²) in [7, 11) is 1.48. The number of unbranched alkanes of at least 4 members (excludes halogenated alkanes) is 39. The van der Waals surface area contributed by atoms with Crippen LogP contribution in [0.2, 0.25) is 0 Å². The van der Waals surface area contributed by atoms with Crippen molar-refractivity contribution in [3.05, 3.63) is 48.6 Å². The smallest absolute Gasteiger partial charge is 0.462 e. The summed E-state index contributed by atoms with van der Waals surface area (Å²) in [5.74, 6) is -0.788. The summed E-state index contributed by atoms with van der Waals surface area (Å²) in [6.07, 6.45) is 74.9. The molecule has 0 bridgehead atoms. The van der Waals surface area contributed by atoms with Gasteiger partial charge in [0.05, 0.1) is 27.7 Å². The molecule has 0 aliphatic heterocycles. The first-order valence-electron chi connectivity index (χ1n) is 32.9. The summed E-state index contributed by atoms with van der Waals surface area (Å²) in [6, 6.07) is 0. The highest BCUT2D eigenvalue weighted by molar-refractivity contribution is 7.47. The summed E-state index contributed by atoms with van der Waals surface area (Å²) < 4.78 is 34.7. The van der Waals surface area contributed by atoms with E-state index in [-0.39, 0.29) is 25.6 Å². The van der Waals surface area contributed by atoms with Crippen LogP contribution < -0.4 is 0 Å². The number of likely N-dealkylation sites (N-methyl/N-ethyl adjacent to an activating group) is 1. The lowest BCUT2D eigenvalue weighted by Gasteiger charge is -2.24. The third-order valence-electron chi connectivity index (χ3n) is 14.6. The molecule has 77 heavy (non-hydrogen) atoms. The minimum absolute atomic E-state index is 0.0314. The normalized spacial score (nSPS) is 13.5.